The zero-order chi connectivity index (χ0) is 11.7. The molecule has 0 N–H and O–H groups in total. The molecule has 0 fully saturated rings. The van der Waals surface area contributed by atoms with Crippen molar-refractivity contribution in [1.82, 2.24) is 9.55 Å². The van der Waals surface area contributed by atoms with Gasteiger partial charge in [0.1, 0.15) is 5.82 Å². The van der Waals surface area contributed by atoms with Crippen LogP contribution in [-0.2, 0) is 7.05 Å². The number of imidazole rings is 1. The smallest absolute Gasteiger partial charge is 0.159 e. The van der Waals surface area contributed by atoms with E-state index in [1.165, 1.54) is 0 Å². The Morgan fingerprint density at radius 1 is 1.25 bits per heavy atom. The molecule has 0 unspecified atom stereocenters. The number of aryl methyl sites for hydroxylation is 1. The minimum absolute atomic E-state index is 0.0905. The van der Waals surface area contributed by atoms with E-state index >= 15 is 0 Å². The van der Waals surface area contributed by atoms with E-state index in [2.05, 4.69) is 4.98 Å². The van der Waals surface area contributed by atoms with Gasteiger partial charge in [0.15, 0.2) is 5.78 Å². The van der Waals surface area contributed by atoms with Gasteiger partial charge in [0.2, 0.25) is 0 Å². The van der Waals surface area contributed by atoms with Crippen molar-refractivity contribution in [3.63, 3.8) is 0 Å². The fourth-order valence-corrected chi connectivity index (χ4v) is 1.65. The van der Waals surface area contributed by atoms with Crippen molar-refractivity contribution < 1.29 is 4.79 Å². The molecule has 0 aliphatic carbocycles. The number of carbonyl (C=O) groups excluding carboxylic acids is 1. The number of hydrogen-bond acceptors (Lipinski definition) is 2. The third-order valence-corrected chi connectivity index (χ3v) is 2.81. The van der Waals surface area contributed by atoms with Crippen LogP contribution in [0.1, 0.15) is 23.1 Å². The van der Waals surface area contributed by atoms with Gasteiger partial charge in [0.25, 0.3) is 0 Å². The number of rotatable bonds is 2. The maximum absolute atomic E-state index is 11.1. The van der Waals surface area contributed by atoms with Crippen LogP contribution in [0.15, 0.2) is 30.5 Å². The number of Topliss-reactive ketones (excluding diaryl/α,β-unsaturated/α-hetero) is 1. The van der Waals surface area contributed by atoms with Crippen LogP contribution in [0.2, 0.25) is 0 Å². The predicted octanol–water partition coefficient (Wildman–Crippen LogP) is 2.60. The first-order valence-corrected chi connectivity index (χ1v) is 5.19. The molecule has 0 amide bonds. The average molecular weight is 214 g/mol. The molecule has 0 radical (unpaired) electrons. The van der Waals surface area contributed by atoms with Crippen molar-refractivity contribution in [3.8, 4) is 11.3 Å². The molecule has 2 rings (SSSR count). The molecule has 0 saturated carbocycles. The highest BCUT2D eigenvalue weighted by Crippen LogP contribution is 2.20. The molecule has 2 aromatic rings. The lowest BCUT2D eigenvalue weighted by Gasteiger charge is -2.04. The Morgan fingerprint density at radius 2 is 1.88 bits per heavy atom. The van der Waals surface area contributed by atoms with Crippen LogP contribution in [0, 0.1) is 6.92 Å². The minimum atomic E-state index is 0.0905. The van der Waals surface area contributed by atoms with Gasteiger partial charge in [0.05, 0.1) is 11.9 Å². The highest BCUT2D eigenvalue weighted by molar-refractivity contribution is 5.94. The summed E-state index contributed by atoms with van der Waals surface area (Å²) >= 11 is 0. The lowest BCUT2D eigenvalue weighted by Crippen LogP contribution is -1.95. The Morgan fingerprint density at radius 3 is 2.31 bits per heavy atom. The molecular formula is C13H14N2O. The first kappa shape index (κ1) is 10.6. The molecule has 1 heterocycles. The van der Waals surface area contributed by atoms with Gasteiger partial charge in [-0.3, -0.25) is 4.79 Å². The van der Waals surface area contributed by atoms with Crippen molar-refractivity contribution in [2.75, 3.05) is 0 Å². The maximum atomic E-state index is 11.1. The number of benzene rings is 1. The quantitative estimate of drug-likeness (QED) is 0.720. The fourth-order valence-electron chi connectivity index (χ4n) is 1.65. The van der Waals surface area contributed by atoms with Crippen molar-refractivity contribution in [2.24, 2.45) is 7.05 Å². The van der Waals surface area contributed by atoms with Gasteiger partial charge in [-0.1, -0.05) is 24.3 Å². The molecule has 82 valence electrons. The highest BCUT2D eigenvalue weighted by atomic mass is 16.1. The fraction of sp³-hybridized carbons (Fsp3) is 0.231. The molecular weight excluding hydrogens is 200 g/mol. The van der Waals surface area contributed by atoms with Gasteiger partial charge in [-0.05, 0) is 19.4 Å². The topological polar surface area (TPSA) is 34.9 Å². The molecule has 0 atom stereocenters. The third-order valence-electron chi connectivity index (χ3n) is 2.81. The van der Waals surface area contributed by atoms with Crippen LogP contribution in [0.4, 0.5) is 0 Å². The number of aromatic nitrogens is 2. The maximum Gasteiger partial charge on any atom is 0.159 e. The molecule has 0 aliphatic rings. The first-order chi connectivity index (χ1) is 7.59. The summed E-state index contributed by atoms with van der Waals surface area (Å²) in [7, 11) is 1.98. The zero-order valence-corrected chi connectivity index (χ0v) is 9.69. The van der Waals surface area contributed by atoms with E-state index in [4.69, 9.17) is 0 Å². The van der Waals surface area contributed by atoms with Crippen molar-refractivity contribution in [2.45, 2.75) is 13.8 Å². The Kier molecular flexibility index (Phi) is 2.60. The second kappa shape index (κ2) is 3.93. The Labute approximate surface area is 94.7 Å². The second-order valence-corrected chi connectivity index (χ2v) is 3.88. The van der Waals surface area contributed by atoms with Crippen LogP contribution >= 0.6 is 0 Å². The van der Waals surface area contributed by atoms with Crippen molar-refractivity contribution >= 4 is 5.78 Å². The molecule has 3 nitrogen and oxygen atoms in total. The predicted molar refractivity (Wildman–Crippen MR) is 63.4 cm³/mol. The average Bonchev–Trinajstić information content (AvgIpc) is 2.60. The van der Waals surface area contributed by atoms with Gasteiger partial charge >= 0.3 is 0 Å². The number of hydrogen-bond donors (Lipinski definition) is 0. The molecule has 0 spiro atoms. The van der Waals surface area contributed by atoms with Crippen LogP contribution in [0.25, 0.3) is 11.3 Å². The number of ketones is 1. The van der Waals surface area contributed by atoms with Crippen LogP contribution < -0.4 is 0 Å². The summed E-state index contributed by atoms with van der Waals surface area (Å²) < 4.78 is 2.03. The van der Waals surface area contributed by atoms with Gasteiger partial charge in [0, 0.05) is 12.6 Å². The van der Waals surface area contributed by atoms with Crippen LogP contribution in [0.3, 0.4) is 0 Å². The monoisotopic (exact) mass is 214 g/mol. The summed E-state index contributed by atoms with van der Waals surface area (Å²) in [5, 5.41) is 0. The Bertz CT molecular complexity index is 523. The molecule has 0 bridgehead atoms. The summed E-state index contributed by atoms with van der Waals surface area (Å²) in [5.41, 5.74) is 2.88. The van der Waals surface area contributed by atoms with E-state index in [1.807, 2.05) is 49.0 Å². The van der Waals surface area contributed by atoms with E-state index < -0.39 is 0 Å². The van der Waals surface area contributed by atoms with Crippen LogP contribution in [0.5, 0.6) is 0 Å². The molecule has 3 heteroatoms. The van der Waals surface area contributed by atoms with E-state index in [9.17, 15) is 4.79 Å². The summed E-state index contributed by atoms with van der Waals surface area (Å²) in [4.78, 5) is 15.4. The van der Waals surface area contributed by atoms with Crippen LogP contribution in [-0.4, -0.2) is 15.3 Å². The minimum Gasteiger partial charge on any atom is -0.331 e. The van der Waals surface area contributed by atoms with E-state index in [0.29, 0.717) is 0 Å². The van der Waals surface area contributed by atoms with Crippen molar-refractivity contribution in [3.05, 3.63) is 41.9 Å². The Hall–Kier alpha value is -1.90. The molecule has 1 aromatic carbocycles. The molecule has 0 saturated heterocycles. The third kappa shape index (κ3) is 1.76. The summed E-state index contributed by atoms with van der Waals surface area (Å²) in [5.74, 6) is 1.07. The lowest BCUT2D eigenvalue weighted by molar-refractivity contribution is 0.101. The van der Waals surface area contributed by atoms with E-state index in [-0.39, 0.29) is 5.78 Å². The van der Waals surface area contributed by atoms with Gasteiger partial charge in [-0.15, -0.1) is 0 Å². The largest absolute Gasteiger partial charge is 0.331 e. The summed E-state index contributed by atoms with van der Waals surface area (Å²) in [6.07, 6.45) is 1.85. The summed E-state index contributed by atoms with van der Waals surface area (Å²) in [6.45, 7) is 3.54. The zero-order valence-electron chi connectivity index (χ0n) is 9.69. The number of carbonyl (C=O) groups is 1. The standard InChI is InChI=1S/C13H14N2O/c1-9(16)11-4-6-12(7-5-11)13-8-14-10(2)15(13)3/h4-8H,1-3H3. The lowest BCUT2D eigenvalue weighted by atomic mass is 10.1. The molecule has 1 aromatic heterocycles. The van der Waals surface area contributed by atoms with Gasteiger partial charge in [-0.2, -0.15) is 0 Å². The molecule has 0 aliphatic heterocycles. The molecule has 16 heavy (non-hydrogen) atoms. The van der Waals surface area contributed by atoms with Crippen molar-refractivity contribution in [1.29, 1.82) is 0 Å². The number of nitrogens with zero attached hydrogens (tertiary/aromatic N) is 2. The summed E-state index contributed by atoms with van der Waals surface area (Å²) in [6, 6.07) is 7.60. The first-order valence-electron chi connectivity index (χ1n) is 5.19. The normalized spacial score (nSPS) is 10.4. The van der Waals surface area contributed by atoms with Gasteiger partial charge in [-0.25, -0.2) is 4.98 Å². The second-order valence-electron chi connectivity index (χ2n) is 3.88. The Balaban J connectivity index is 2.42. The van der Waals surface area contributed by atoms with E-state index in [1.54, 1.807) is 6.92 Å². The van der Waals surface area contributed by atoms with Gasteiger partial charge < -0.3 is 4.57 Å². The highest BCUT2D eigenvalue weighted by Gasteiger charge is 2.06. The van der Waals surface area contributed by atoms with E-state index in [0.717, 1.165) is 22.6 Å². The SMILES string of the molecule is CC(=O)c1ccc(-c2cnc(C)n2C)cc1.